The Balaban J connectivity index is 0.000000139. The van der Waals surface area contributed by atoms with Gasteiger partial charge in [-0.05, 0) is 23.3 Å². The number of benzene rings is 4. The summed E-state index contributed by atoms with van der Waals surface area (Å²) in [5.74, 6) is 0. The number of nitrogens with one attached hydrogen (secondary N) is 1. The average Bonchev–Trinajstić information content (AvgIpc) is 2.75. The van der Waals surface area contributed by atoms with Gasteiger partial charge in [0.2, 0.25) is 0 Å². The molecule has 1 aliphatic heterocycles. The summed E-state index contributed by atoms with van der Waals surface area (Å²) in [5, 5.41) is 4.56. The Hall–Kier alpha value is -2.80. The first kappa shape index (κ1) is 18.6. The molecule has 2 nitrogen and oxygen atoms in total. The molecular formula is C24H20ClN2P. The van der Waals surface area contributed by atoms with Crippen molar-refractivity contribution in [1.29, 1.82) is 0 Å². The Morgan fingerprint density at radius 2 is 1.18 bits per heavy atom. The fraction of sp³-hybridized carbons (Fsp3) is 0. The van der Waals surface area contributed by atoms with Crippen molar-refractivity contribution in [3.8, 4) is 22.3 Å². The molecule has 0 fully saturated rings. The third kappa shape index (κ3) is 3.89. The quantitative estimate of drug-likeness (QED) is 0.268. The molecule has 1 heterocycles. The topological polar surface area (TPSA) is 38.0 Å². The second kappa shape index (κ2) is 8.48. The van der Waals surface area contributed by atoms with Crippen molar-refractivity contribution in [3.63, 3.8) is 0 Å². The second-order valence-electron chi connectivity index (χ2n) is 6.41. The first-order valence-electron chi connectivity index (χ1n) is 9.05. The van der Waals surface area contributed by atoms with E-state index in [1.807, 2.05) is 54.6 Å². The van der Waals surface area contributed by atoms with Crippen LogP contribution in [-0.4, -0.2) is 0 Å². The zero-order valence-electron chi connectivity index (χ0n) is 15.2. The predicted octanol–water partition coefficient (Wildman–Crippen LogP) is 6.89. The normalized spacial score (nSPS) is 14.0. The van der Waals surface area contributed by atoms with Crippen LogP contribution in [0.3, 0.4) is 0 Å². The third-order valence-electron chi connectivity index (χ3n) is 4.60. The molecule has 4 aromatic rings. The van der Waals surface area contributed by atoms with E-state index in [2.05, 4.69) is 53.6 Å². The van der Waals surface area contributed by atoms with Gasteiger partial charge in [0.05, 0.1) is 0 Å². The first-order chi connectivity index (χ1) is 13.7. The Labute approximate surface area is 171 Å². The van der Waals surface area contributed by atoms with E-state index in [1.165, 1.54) is 22.0 Å². The van der Waals surface area contributed by atoms with Crippen LogP contribution in [-0.2, 0) is 0 Å². The van der Waals surface area contributed by atoms with E-state index < -0.39 is 7.43 Å². The van der Waals surface area contributed by atoms with E-state index in [0.717, 1.165) is 16.9 Å². The molecule has 3 N–H and O–H groups in total. The van der Waals surface area contributed by atoms with Gasteiger partial charge >= 0.3 is 0 Å². The number of para-hydroxylation sites is 2. The summed E-state index contributed by atoms with van der Waals surface area (Å²) < 4.78 is 0. The molecule has 0 radical (unpaired) electrons. The summed E-state index contributed by atoms with van der Waals surface area (Å²) in [5.41, 5.74) is 12.6. The van der Waals surface area contributed by atoms with Gasteiger partial charge in [-0.2, -0.15) is 0 Å². The molecule has 1 unspecified atom stereocenters. The highest BCUT2D eigenvalue weighted by atomic mass is 35.7. The second-order valence-corrected chi connectivity index (χ2v) is 8.69. The van der Waals surface area contributed by atoms with E-state index in [-0.39, 0.29) is 0 Å². The predicted molar refractivity (Wildman–Crippen MR) is 124 cm³/mol. The van der Waals surface area contributed by atoms with Gasteiger partial charge in [-0.1, -0.05) is 102 Å². The van der Waals surface area contributed by atoms with Gasteiger partial charge in [-0.15, -0.1) is 0 Å². The maximum Gasteiger partial charge on any atom is 0.119 e. The standard InChI is InChI=1S/C12H9ClNP.C12H11N/c13-15-12-8-4-2-6-10(12)9-5-1-3-7-11(9)14-15;13-12-9-5-4-8-11(12)10-6-2-1-3-7-10/h1-8,14H;1-9H,13H2. The lowest BCUT2D eigenvalue weighted by Gasteiger charge is -2.24. The zero-order chi connectivity index (χ0) is 19.3. The summed E-state index contributed by atoms with van der Waals surface area (Å²) in [6.45, 7) is 0. The molecule has 4 aromatic carbocycles. The summed E-state index contributed by atoms with van der Waals surface area (Å²) in [6, 6.07) is 34.6. The highest BCUT2D eigenvalue weighted by molar-refractivity contribution is 7.91. The van der Waals surface area contributed by atoms with Gasteiger partial charge in [0.15, 0.2) is 0 Å². The lowest BCUT2D eigenvalue weighted by molar-refractivity contribution is 1.61. The minimum absolute atomic E-state index is 0.772. The molecule has 0 aliphatic carbocycles. The van der Waals surface area contributed by atoms with Gasteiger partial charge < -0.3 is 10.8 Å². The fourth-order valence-electron chi connectivity index (χ4n) is 3.23. The van der Waals surface area contributed by atoms with Crippen LogP contribution in [0.25, 0.3) is 22.3 Å². The smallest absolute Gasteiger partial charge is 0.119 e. The Kier molecular flexibility index (Phi) is 5.62. The monoisotopic (exact) mass is 402 g/mol. The number of hydrogen-bond donors (Lipinski definition) is 2. The summed E-state index contributed by atoms with van der Waals surface area (Å²) in [6.07, 6.45) is 0. The summed E-state index contributed by atoms with van der Waals surface area (Å²) in [7, 11) is -0.772. The van der Waals surface area contributed by atoms with Gasteiger partial charge in [0.25, 0.3) is 0 Å². The molecule has 0 saturated heterocycles. The zero-order valence-corrected chi connectivity index (χ0v) is 16.9. The van der Waals surface area contributed by atoms with Gasteiger partial charge in [0, 0.05) is 27.8 Å². The van der Waals surface area contributed by atoms with Crippen LogP contribution >= 0.6 is 18.7 Å². The minimum atomic E-state index is -0.772. The molecule has 0 saturated carbocycles. The molecule has 1 atom stereocenters. The molecule has 0 spiro atoms. The lowest BCUT2D eigenvalue weighted by Crippen LogP contribution is -2.12. The van der Waals surface area contributed by atoms with Crippen molar-refractivity contribution in [3.05, 3.63) is 103 Å². The van der Waals surface area contributed by atoms with Crippen molar-refractivity contribution >= 4 is 35.3 Å². The lowest BCUT2D eigenvalue weighted by atomic mass is 10.0. The van der Waals surface area contributed by atoms with Crippen LogP contribution in [0.5, 0.6) is 0 Å². The number of fused-ring (bicyclic) bond motifs is 3. The van der Waals surface area contributed by atoms with Crippen molar-refractivity contribution in [2.45, 2.75) is 0 Å². The van der Waals surface area contributed by atoms with E-state index >= 15 is 0 Å². The van der Waals surface area contributed by atoms with E-state index in [4.69, 9.17) is 17.0 Å². The number of nitrogen functional groups attached to an aromatic ring is 1. The third-order valence-corrected chi connectivity index (χ3v) is 6.65. The van der Waals surface area contributed by atoms with Gasteiger partial charge in [-0.3, -0.25) is 0 Å². The summed E-state index contributed by atoms with van der Waals surface area (Å²) in [4.78, 5) is 0. The Bertz CT molecular complexity index is 1080. The number of anilines is 2. The molecule has 28 heavy (non-hydrogen) atoms. The molecular weight excluding hydrogens is 383 g/mol. The highest BCUT2D eigenvalue weighted by Gasteiger charge is 2.21. The molecule has 0 bridgehead atoms. The minimum Gasteiger partial charge on any atom is -0.398 e. The molecule has 5 rings (SSSR count). The van der Waals surface area contributed by atoms with Gasteiger partial charge in [-0.25, -0.2) is 0 Å². The van der Waals surface area contributed by atoms with Crippen LogP contribution in [0.4, 0.5) is 11.4 Å². The SMILES string of the molecule is ClP1Nc2ccccc2-c2ccccc21.Nc1ccccc1-c1ccccc1. The van der Waals surface area contributed by atoms with Crippen LogP contribution in [0.2, 0.25) is 0 Å². The molecule has 0 aromatic heterocycles. The first-order valence-corrected chi connectivity index (χ1v) is 11.3. The van der Waals surface area contributed by atoms with Crippen molar-refractivity contribution in [2.24, 2.45) is 0 Å². The summed E-state index contributed by atoms with van der Waals surface area (Å²) >= 11 is 6.33. The largest absolute Gasteiger partial charge is 0.398 e. The van der Waals surface area contributed by atoms with Crippen molar-refractivity contribution in [2.75, 3.05) is 10.8 Å². The Morgan fingerprint density at radius 3 is 1.93 bits per heavy atom. The van der Waals surface area contributed by atoms with Crippen LogP contribution < -0.4 is 16.1 Å². The van der Waals surface area contributed by atoms with Crippen LogP contribution in [0, 0.1) is 0 Å². The van der Waals surface area contributed by atoms with E-state index in [1.54, 1.807) is 0 Å². The van der Waals surface area contributed by atoms with Crippen molar-refractivity contribution in [1.82, 2.24) is 0 Å². The number of halogens is 1. The molecule has 138 valence electrons. The van der Waals surface area contributed by atoms with E-state index in [9.17, 15) is 0 Å². The maximum atomic E-state index is 6.33. The van der Waals surface area contributed by atoms with E-state index in [0.29, 0.717) is 0 Å². The van der Waals surface area contributed by atoms with Gasteiger partial charge in [0.1, 0.15) is 7.43 Å². The Morgan fingerprint density at radius 1 is 0.607 bits per heavy atom. The average molecular weight is 403 g/mol. The number of rotatable bonds is 1. The highest BCUT2D eigenvalue weighted by Crippen LogP contribution is 2.49. The maximum absolute atomic E-state index is 6.33. The number of hydrogen-bond acceptors (Lipinski definition) is 2. The van der Waals surface area contributed by atoms with Crippen LogP contribution in [0.15, 0.2) is 103 Å². The van der Waals surface area contributed by atoms with Crippen LogP contribution in [0.1, 0.15) is 0 Å². The fourth-order valence-corrected chi connectivity index (χ4v) is 5.10. The molecule has 1 aliphatic rings. The number of nitrogens with two attached hydrogens (primary N) is 1. The molecule has 0 amide bonds. The van der Waals surface area contributed by atoms with Crippen molar-refractivity contribution < 1.29 is 0 Å². The molecule has 4 heteroatoms.